The van der Waals surface area contributed by atoms with Crippen LogP contribution in [0.3, 0.4) is 0 Å². The number of rotatable bonds is 1. The van der Waals surface area contributed by atoms with Crippen LogP contribution in [0.25, 0.3) is 11.4 Å². The fourth-order valence-electron chi connectivity index (χ4n) is 0.646. The molecule has 3 nitrogen and oxygen atoms in total. The fourth-order valence-corrected chi connectivity index (χ4v) is 1.16. The SMILES string of the molecule is [c]1nc(-c2ccsn2)co1. The third-order valence-corrected chi connectivity index (χ3v) is 1.65. The second kappa shape index (κ2) is 2.22. The van der Waals surface area contributed by atoms with E-state index in [4.69, 9.17) is 0 Å². The Kier molecular flexibility index (Phi) is 1.25. The van der Waals surface area contributed by atoms with E-state index in [1.807, 2.05) is 11.4 Å². The molecule has 0 saturated heterocycles. The summed E-state index contributed by atoms with van der Waals surface area (Å²) < 4.78 is 8.72. The molecule has 0 aliphatic rings. The lowest BCUT2D eigenvalue weighted by molar-refractivity contribution is 0.548. The van der Waals surface area contributed by atoms with Crippen molar-refractivity contribution in [3.63, 3.8) is 0 Å². The Bertz CT molecular complexity index is 255. The topological polar surface area (TPSA) is 38.9 Å². The van der Waals surface area contributed by atoms with Crippen LogP contribution < -0.4 is 0 Å². The number of hydrogen-bond acceptors (Lipinski definition) is 4. The van der Waals surface area contributed by atoms with Crippen LogP contribution in [0.4, 0.5) is 0 Å². The van der Waals surface area contributed by atoms with Crippen molar-refractivity contribution in [2.75, 3.05) is 0 Å². The fraction of sp³-hybridized carbons (Fsp3) is 0. The zero-order valence-corrected chi connectivity index (χ0v) is 5.76. The first-order chi connectivity index (χ1) is 4.97. The molecule has 0 aliphatic heterocycles. The molecule has 0 aliphatic carbocycles. The van der Waals surface area contributed by atoms with Crippen LogP contribution in [0.5, 0.6) is 0 Å². The first-order valence-corrected chi connectivity index (χ1v) is 3.53. The van der Waals surface area contributed by atoms with Crippen molar-refractivity contribution in [2.45, 2.75) is 0 Å². The summed E-state index contributed by atoms with van der Waals surface area (Å²) in [7, 11) is 0. The van der Waals surface area contributed by atoms with E-state index in [9.17, 15) is 0 Å². The van der Waals surface area contributed by atoms with Crippen molar-refractivity contribution < 1.29 is 4.42 Å². The van der Waals surface area contributed by atoms with Gasteiger partial charge in [-0.15, -0.1) is 0 Å². The summed E-state index contributed by atoms with van der Waals surface area (Å²) in [4.78, 5) is 3.81. The molecule has 0 amide bonds. The van der Waals surface area contributed by atoms with Gasteiger partial charge in [-0.05, 0) is 17.6 Å². The third kappa shape index (κ3) is 0.823. The van der Waals surface area contributed by atoms with E-state index >= 15 is 0 Å². The Morgan fingerprint density at radius 1 is 1.50 bits per heavy atom. The molecule has 0 N–H and O–H groups in total. The second-order valence-electron chi connectivity index (χ2n) is 1.71. The van der Waals surface area contributed by atoms with Crippen molar-refractivity contribution in [3.8, 4) is 11.4 Å². The lowest BCUT2D eigenvalue weighted by Crippen LogP contribution is -1.72. The maximum atomic E-state index is 4.67. The zero-order valence-electron chi connectivity index (χ0n) is 4.94. The summed E-state index contributed by atoms with van der Waals surface area (Å²) in [5, 5.41) is 1.89. The highest BCUT2D eigenvalue weighted by atomic mass is 32.1. The van der Waals surface area contributed by atoms with Gasteiger partial charge in [-0.25, -0.2) is 4.98 Å². The van der Waals surface area contributed by atoms with Crippen LogP contribution >= 0.6 is 11.5 Å². The molecule has 0 spiro atoms. The van der Waals surface area contributed by atoms with E-state index in [1.165, 1.54) is 17.8 Å². The Hall–Kier alpha value is -1.16. The molecule has 2 aromatic heterocycles. The zero-order chi connectivity index (χ0) is 6.81. The molecule has 0 saturated carbocycles. The predicted molar refractivity (Wildman–Crippen MR) is 36.4 cm³/mol. The number of oxazole rings is 1. The van der Waals surface area contributed by atoms with Crippen molar-refractivity contribution in [3.05, 3.63) is 24.1 Å². The maximum absolute atomic E-state index is 4.67. The molecular weight excluding hydrogens is 148 g/mol. The van der Waals surface area contributed by atoms with Crippen LogP contribution in [0.1, 0.15) is 0 Å². The molecule has 1 radical (unpaired) electrons. The Labute approximate surface area is 61.5 Å². The summed E-state index contributed by atoms with van der Waals surface area (Å²) in [5.74, 6) is 0. The maximum Gasteiger partial charge on any atom is 0.284 e. The number of nitrogens with zero attached hydrogens (tertiary/aromatic N) is 2. The van der Waals surface area contributed by atoms with Gasteiger partial charge < -0.3 is 4.42 Å². The molecule has 2 aromatic rings. The smallest absolute Gasteiger partial charge is 0.284 e. The van der Waals surface area contributed by atoms with Crippen molar-refractivity contribution >= 4 is 11.5 Å². The molecule has 10 heavy (non-hydrogen) atoms. The minimum absolute atomic E-state index is 0.737. The Morgan fingerprint density at radius 2 is 2.50 bits per heavy atom. The molecule has 2 heterocycles. The molecule has 4 heteroatoms. The first-order valence-electron chi connectivity index (χ1n) is 2.69. The van der Waals surface area contributed by atoms with Gasteiger partial charge in [-0.2, -0.15) is 4.37 Å². The van der Waals surface area contributed by atoms with Gasteiger partial charge in [0.2, 0.25) is 0 Å². The standard InChI is InChI=1S/C6H3N2OS/c1-2-10-8-5(1)6-3-9-4-7-6/h1-3H. The van der Waals surface area contributed by atoms with Crippen LogP contribution in [0.2, 0.25) is 0 Å². The molecule has 0 fully saturated rings. The summed E-state index contributed by atoms with van der Waals surface area (Å²) in [6, 6.07) is 1.89. The summed E-state index contributed by atoms with van der Waals surface area (Å²) in [5.41, 5.74) is 1.58. The molecule has 0 aromatic carbocycles. The molecule has 49 valence electrons. The van der Waals surface area contributed by atoms with E-state index in [0.29, 0.717) is 0 Å². The highest BCUT2D eigenvalue weighted by Crippen LogP contribution is 2.14. The van der Waals surface area contributed by atoms with Crippen LogP contribution in [-0.4, -0.2) is 9.36 Å². The molecular formula is C6H3N2OS. The highest BCUT2D eigenvalue weighted by Gasteiger charge is 2.00. The van der Waals surface area contributed by atoms with E-state index < -0.39 is 0 Å². The lowest BCUT2D eigenvalue weighted by Gasteiger charge is -1.80. The minimum atomic E-state index is 0.737. The van der Waals surface area contributed by atoms with Crippen LogP contribution in [-0.2, 0) is 0 Å². The van der Waals surface area contributed by atoms with E-state index in [1.54, 1.807) is 0 Å². The van der Waals surface area contributed by atoms with Gasteiger partial charge in [0, 0.05) is 5.38 Å². The van der Waals surface area contributed by atoms with Crippen molar-refractivity contribution in [1.82, 2.24) is 9.36 Å². The van der Waals surface area contributed by atoms with Crippen molar-refractivity contribution in [2.24, 2.45) is 0 Å². The number of hydrogen-bond donors (Lipinski definition) is 0. The van der Waals surface area contributed by atoms with Gasteiger partial charge in [0.1, 0.15) is 17.7 Å². The van der Waals surface area contributed by atoms with E-state index in [0.717, 1.165) is 11.4 Å². The largest absolute Gasteiger partial charge is 0.440 e. The summed E-state index contributed by atoms with van der Waals surface area (Å²) in [6.45, 7) is 0. The molecule has 0 atom stereocenters. The minimum Gasteiger partial charge on any atom is -0.440 e. The monoisotopic (exact) mass is 151 g/mol. The summed E-state index contributed by atoms with van der Waals surface area (Å²) in [6.07, 6.45) is 3.88. The normalized spacial score (nSPS) is 10.0. The van der Waals surface area contributed by atoms with Crippen molar-refractivity contribution in [1.29, 1.82) is 0 Å². The highest BCUT2D eigenvalue weighted by molar-refractivity contribution is 7.03. The second-order valence-corrected chi connectivity index (χ2v) is 2.37. The van der Waals surface area contributed by atoms with Crippen LogP contribution in [0.15, 0.2) is 22.1 Å². The quantitative estimate of drug-likeness (QED) is 0.621. The van der Waals surface area contributed by atoms with Gasteiger partial charge in [0.25, 0.3) is 6.39 Å². The van der Waals surface area contributed by atoms with Gasteiger partial charge in [0.05, 0.1) is 0 Å². The lowest BCUT2D eigenvalue weighted by atomic mass is 10.3. The van der Waals surface area contributed by atoms with Gasteiger partial charge in [-0.3, -0.25) is 0 Å². The van der Waals surface area contributed by atoms with Gasteiger partial charge in [0.15, 0.2) is 0 Å². The molecule has 0 bridgehead atoms. The molecule has 2 rings (SSSR count). The Morgan fingerprint density at radius 3 is 3.10 bits per heavy atom. The Balaban J connectivity index is 2.48. The van der Waals surface area contributed by atoms with E-state index in [2.05, 4.69) is 20.2 Å². The average Bonchev–Trinajstić information content (AvgIpc) is 2.59. The van der Waals surface area contributed by atoms with Crippen LogP contribution in [0, 0.1) is 6.39 Å². The predicted octanol–water partition coefficient (Wildman–Crippen LogP) is 1.60. The number of aromatic nitrogens is 2. The van der Waals surface area contributed by atoms with E-state index in [-0.39, 0.29) is 0 Å². The van der Waals surface area contributed by atoms with Gasteiger partial charge in [-0.1, -0.05) is 0 Å². The summed E-state index contributed by atoms with van der Waals surface area (Å²) >= 11 is 1.39. The third-order valence-electron chi connectivity index (χ3n) is 1.09. The van der Waals surface area contributed by atoms with Gasteiger partial charge >= 0.3 is 0 Å². The molecule has 0 unspecified atom stereocenters. The first kappa shape index (κ1) is 5.61. The average molecular weight is 151 g/mol.